The first kappa shape index (κ1) is 10.2. The van der Waals surface area contributed by atoms with Crippen molar-refractivity contribution in [2.24, 2.45) is 0 Å². The van der Waals surface area contributed by atoms with Crippen molar-refractivity contribution in [1.82, 2.24) is 0 Å². The van der Waals surface area contributed by atoms with Crippen LogP contribution in [0.1, 0.15) is 11.1 Å². The third kappa shape index (κ3) is 1.03. The molecule has 0 aliphatic heterocycles. The molecule has 0 N–H and O–H groups in total. The molecule has 0 atom stereocenters. The summed E-state index contributed by atoms with van der Waals surface area (Å²) in [5.41, 5.74) is 2.98. The summed E-state index contributed by atoms with van der Waals surface area (Å²) in [7, 11) is 0. The summed E-state index contributed by atoms with van der Waals surface area (Å²) >= 11 is 0. The van der Waals surface area contributed by atoms with Crippen LogP contribution < -0.4 is 0 Å². The van der Waals surface area contributed by atoms with E-state index in [1.54, 1.807) is 0 Å². The maximum absolute atomic E-state index is 2.32. The fourth-order valence-electron chi connectivity index (χ4n) is 4.37. The van der Waals surface area contributed by atoms with Gasteiger partial charge in [-0.25, -0.2) is 0 Å². The minimum absolute atomic E-state index is 1.08. The average Bonchev–Trinajstić information content (AvgIpc) is 2.92. The van der Waals surface area contributed by atoms with Gasteiger partial charge in [-0.05, 0) is 60.6 Å². The van der Waals surface area contributed by atoms with Crippen LogP contribution in [0.3, 0.4) is 0 Å². The first-order valence-corrected chi connectivity index (χ1v) is 7.52. The lowest BCUT2D eigenvalue weighted by molar-refractivity contribution is 1.28. The minimum atomic E-state index is 1.08. The molecular weight excluding hydrogens is 252 g/mol. The van der Waals surface area contributed by atoms with Crippen LogP contribution in [-0.4, -0.2) is 0 Å². The van der Waals surface area contributed by atoms with Gasteiger partial charge in [0.15, 0.2) is 0 Å². The van der Waals surface area contributed by atoms with E-state index in [-0.39, 0.29) is 0 Å². The quantitative estimate of drug-likeness (QED) is 0.246. The number of hydrogen-bond acceptors (Lipinski definition) is 0. The standard InChI is InChI=1S/C21H12/c1-3-12-7-8-13-9-10-15-11-14-4-2-6-17-16(5-1)18(12)20(13)21(15)19(14)17/h1-10H,11H2. The van der Waals surface area contributed by atoms with Crippen LogP contribution in [0.15, 0.2) is 60.7 Å². The number of benzene rings is 5. The summed E-state index contributed by atoms with van der Waals surface area (Å²) in [6.07, 6.45) is 1.08. The Kier molecular flexibility index (Phi) is 1.54. The van der Waals surface area contributed by atoms with Gasteiger partial charge >= 0.3 is 0 Å². The van der Waals surface area contributed by atoms with Crippen LogP contribution in [0.2, 0.25) is 0 Å². The Hall–Kier alpha value is -2.60. The van der Waals surface area contributed by atoms with E-state index in [1.165, 1.54) is 54.2 Å². The van der Waals surface area contributed by atoms with Crippen molar-refractivity contribution in [3.63, 3.8) is 0 Å². The van der Waals surface area contributed by atoms with Crippen LogP contribution in [0.4, 0.5) is 0 Å². The molecule has 6 rings (SSSR count). The van der Waals surface area contributed by atoms with E-state index in [0.29, 0.717) is 0 Å². The van der Waals surface area contributed by atoms with Crippen LogP contribution >= 0.6 is 0 Å². The molecule has 0 saturated carbocycles. The highest BCUT2D eigenvalue weighted by Crippen LogP contribution is 2.46. The molecule has 0 radical (unpaired) electrons. The molecule has 0 spiro atoms. The first-order chi connectivity index (χ1) is 10.4. The fourth-order valence-corrected chi connectivity index (χ4v) is 4.37. The molecule has 0 heterocycles. The topological polar surface area (TPSA) is 0 Å². The monoisotopic (exact) mass is 264 g/mol. The van der Waals surface area contributed by atoms with Crippen molar-refractivity contribution in [2.45, 2.75) is 6.42 Å². The number of hydrogen-bond donors (Lipinski definition) is 0. The maximum atomic E-state index is 2.32. The zero-order valence-electron chi connectivity index (χ0n) is 11.5. The van der Waals surface area contributed by atoms with Gasteiger partial charge < -0.3 is 0 Å². The highest BCUT2D eigenvalue weighted by Gasteiger charge is 2.21. The second kappa shape index (κ2) is 3.17. The Morgan fingerprint density at radius 3 is 2.05 bits per heavy atom. The molecule has 0 bridgehead atoms. The van der Waals surface area contributed by atoms with E-state index < -0.39 is 0 Å². The van der Waals surface area contributed by atoms with Crippen molar-refractivity contribution in [3.8, 4) is 0 Å². The van der Waals surface area contributed by atoms with Crippen molar-refractivity contribution in [1.29, 1.82) is 0 Å². The Balaban J connectivity index is 2.18. The fraction of sp³-hybridized carbons (Fsp3) is 0.0476. The van der Waals surface area contributed by atoms with E-state index >= 15 is 0 Å². The molecule has 5 aromatic rings. The summed E-state index contributed by atoms with van der Waals surface area (Å²) in [4.78, 5) is 0. The normalized spacial score (nSPS) is 13.5. The Labute approximate surface area is 121 Å². The molecule has 1 aliphatic carbocycles. The summed E-state index contributed by atoms with van der Waals surface area (Å²) in [5, 5.41) is 11.5. The van der Waals surface area contributed by atoms with E-state index in [4.69, 9.17) is 0 Å². The Morgan fingerprint density at radius 2 is 1.14 bits per heavy atom. The van der Waals surface area contributed by atoms with Gasteiger partial charge in [0.2, 0.25) is 0 Å². The predicted molar refractivity (Wildman–Crippen MR) is 90.5 cm³/mol. The van der Waals surface area contributed by atoms with Crippen LogP contribution in [0.25, 0.3) is 43.1 Å². The SMILES string of the molecule is c1cc2c3c(c1)c1cccc4ccc5ccc(c3c5c41)C2. The van der Waals surface area contributed by atoms with Crippen LogP contribution in [-0.2, 0) is 6.42 Å². The van der Waals surface area contributed by atoms with Gasteiger partial charge in [0, 0.05) is 0 Å². The second-order valence-electron chi connectivity index (χ2n) is 6.18. The van der Waals surface area contributed by atoms with E-state index in [1.807, 2.05) is 0 Å². The average molecular weight is 264 g/mol. The van der Waals surface area contributed by atoms with Crippen LogP contribution in [0.5, 0.6) is 0 Å². The number of rotatable bonds is 0. The van der Waals surface area contributed by atoms with Gasteiger partial charge in [-0.15, -0.1) is 0 Å². The van der Waals surface area contributed by atoms with Gasteiger partial charge in [0.05, 0.1) is 0 Å². The third-order valence-electron chi connectivity index (χ3n) is 5.18. The third-order valence-corrected chi connectivity index (χ3v) is 5.18. The van der Waals surface area contributed by atoms with Crippen molar-refractivity contribution in [2.75, 3.05) is 0 Å². The Morgan fingerprint density at radius 1 is 0.476 bits per heavy atom. The summed E-state index contributed by atoms with van der Waals surface area (Å²) in [6.45, 7) is 0. The van der Waals surface area contributed by atoms with Gasteiger partial charge in [-0.3, -0.25) is 0 Å². The van der Waals surface area contributed by atoms with Gasteiger partial charge in [0.25, 0.3) is 0 Å². The molecule has 0 saturated heterocycles. The molecule has 0 unspecified atom stereocenters. The second-order valence-corrected chi connectivity index (χ2v) is 6.18. The molecule has 5 aromatic carbocycles. The summed E-state index contributed by atoms with van der Waals surface area (Å²) < 4.78 is 0. The molecule has 96 valence electrons. The van der Waals surface area contributed by atoms with E-state index in [2.05, 4.69) is 60.7 Å². The zero-order chi connectivity index (χ0) is 13.6. The molecule has 0 nitrogen and oxygen atoms in total. The van der Waals surface area contributed by atoms with E-state index in [9.17, 15) is 0 Å². The highest BCUT2D eigenvalue weighted by atomic mass is 14.2. The van der Waals surface area contributed by atoms with Crippen molar-refractivity contribution >= 4 is 43.1 Å². The molecule has 0 aromatic heterocycles. The summed E-state index contributed by atoms with van der Waals surface area (Å²) in [6, 6.07) is 22.6. The lowest BCUT2D eigenvalue weighted by atomic mass is 9.89. The molecule has 1 aliphatic rings. The van der Waals surface area contributed by atoms with Crippen molar-refractivity contribution < 1.29 is 0 Å². The molecule has 0 fully saturated rings. The summed E-state index contributed by atoms with van der Waals surface area (Å²) in [5.74, 6) is 0. The van der Waals surface area contributed by atoms with Gasteiger partial charge in [0.1, 0.15) is 0 Å². The van der Waals surface area contributed by atoms with E-state index in [0.717, 1.165) is 6.42 Å². The minimum Gasteiger partial charge on any atom is -0.0613 e. The number of fused-ring (bicyclic) bond motifs is 1. The van der Waals surface area contributed by atoms with Crippen molar-refractivity contribution in [3.05, 3.63) is 71.8 Å². The van der Waals surface area contributed by atoms with Gasteiger partial charge in [-0.2, -0.15) is 0 Å². The van der Waals surface area contributed by atoms with Gasteiger partial charge in [-0.1, -0.05) is 60.7 Å². The molecule has 0 heteroatoms. The lowest BCUT2D eigenvalue weighted by Gasteiger charge is -2.13. The predicted octanol–water partition coefficient (Wildman–Crippen LogP) is 5.64. The molecule has 0 amide bonds. The Bertz CT molecular complexity index is 1190. The van der Waals surface area contributed by atoms with Crippen LogP contribution in [0, 0.1) is 0 Å². The first-order valence-electron chi connectivity index (χ1n) is 7.52. The lowest BCUT2D eigenvalue weighted by Crippen LogP contribution is -1.86. The zero-order valence-corrected chi connectivity index (χ0v) is 11.5. The smallest absolute Gasteiger partial charge is 0.00130 e. The maximum Gasteiger partial charge on any atom is -0.00130 e. The molecule has 21 heavy (non-hydrogen) atoms. The highest BCUT2D eigenvalue weighted by molar-refractivity contribution is 6.35. The largest absolute Gasteiger partial charge is 0.0613 e. The molecular formula is C21H12.